The molecule has 19 heavy (non-hydrogen) atoms. The number of ether oxygens (including phenoxy) is 1. The minimum Gasteiger partial charge on any atom is -0.481 e. The molecule has 2 rings (SSSR count). The number of aliphatic hydroxyl groups is 2. The summed E-state index contributed by atoms with van der Waals surface area (Å²) in [7, 11) is 1.56. The number of nitrogens with zero attached hydrogens (tertiary/aromatic N) is 1. The van der Waals surface area contributed by atoms with Gasteiger partial charge in [0.1, 0.15) is 6.10 Å². The van der Waals surface area contributed by atoms with Crippen molar-refractivity contribution in [1.82, 2.24) is 4.98 Å². The number of fused-ring (bicyclic) bond motifs is 1. The average molecular weight is 262 g/mol. The lowest BCUT2D eigenvalue weighted by atomic mass is 10.0. The third-order valence-corrected chi connectivity index (χ3v) is 3.07. The highest BCUT2D eigenvalue weighted by Gasteiger charge is 2.17. The summed E-state index contributed by atoms with van der Waals surface area (Å²) in [5, 5.41) is 20.7. The second-order valence-electron chi connectivity index (χ2n) is 4.40. The zero-order chi connectivity index (χ0) is 13.8. The Balaban J connectivity index is 2.31. The summed E-state index contributed by atoms with van der Waals surface area (Å²) in [6, 6.07) is 8.98. The summed E-state index contributed by atoms with van der Waals surface area (Å²) < 4.78 is 5.06. The van der Waals surface area contributed by atoms with Crippen LogP contribution in [0.4, 0.5) is 0 Å². The molecular weight excluding hydrogens is 244 g/mol. The fourth-order valence-electron chi connectivity index (χ4n) is 1.97. The van der Waals surface area contributed by atoms with Crippen molar-refractivity contribution in [2.45, 2.75) is 18.6 Å². The van der Waals surface area contributed by atoms with Crippen molar-refractivity contribution in [3.05, 3.63) is 35.9 Å². The molecule has 0 bridgehead atoms. The maximum absolute atomic E-state index is 10.0. The van der Waals surface area contributed by atoms with Gasteiger partial charge in [-0.2, -0.15) is 0 Å². The van der Waals surface area contributed by atoms with E-state index in [-0.39, 0.29) is 0 Å². The van der Waals surface area contributed by atoms with Crippen molar-refractivity contribution in [2.75, 3.05) is 13.7 Å². The van der Waals surface area contributed by atoms with Gasteiger partial charge in [-0.3, -0.25) is 0 Å². The van der Waals surface area contributed by atoms with Crippen LogP contribution >= 0.6 is 0 Å². The number of hydrogen-bond donors (Lipinski definition) is 3. The van der Waals surface area contributed by atoms with Crippen LogP contribution in [0, 0.1) is 0 Å². The fourth-order valence-corrected chi connectivity index (χ4v) is 1.97. The molecule has 0 aliphatic rings. The summed E-state index contributed by atoms with van der Waals surface area (Å²) in [5.41, 5.74) is 6.81. The Kier molecular flexibility index (Phi) is 4.31. The van der Waals surface area contributed by atoms with Crippen molar-refractivity contribution in [2.24, 2.45) is 5.73 Å². The molecule has 1 aromatic heterocycles. The van der Waals surface area contributed by atoms with Gasteiger partial charge in [0.15, 0.2) is 0 Å². The molecule has 0 aliphatic carbocycles. The van der Waals surface area contributed by atoms with Gasteiger partial charge in [0.25, 0.3) is 0 Å². The summed E-state index contributed by atoms with van der Waals surface area (Å²) >= 11 is 0. The van der Waals surface area contributed by atoms with E-state index in [2.05, 4.69) is 4.98 Å². The number of methoxy groups -OCH3 is 1. The van der Waals surface area contributed by atoms with Gasteiger partial charge in [0.05, 0.1) is 18.7 Å². The number of hydrogen-bond acceptors (Lipinski definition) is 5. The average Bonchev–Trinajstić information content (AvgIpc) is 2.45. The van der Waals surface area contributed by atoms with Gasteiger partial charge >= 0.3 is 0 Å². The van der Waals surface area contributed by atoms with Crippen molar-refractivity contribution >= 4 is 10.9 Å². The zero-order valence-electron chi connectivity index (χ0n) is 10.8. The van der Waals surface area contributed by atoms with Crippen LogP contribution < -0.4 is 10.5 Å². The summed E-state index contributed by atoms with van der Waals surface area (Å²) in [5.74, 6) is 0.545. The van der Waals surface area contributed by atoms with Crippen LogP contribution in [0.25, 0.3) is 10.9 Å². The molecule has 0 aliphatic heterocycles. The Morgan fingerprint density at radius 1 is 1.26 bits per heavy atom. The van der Waals surface area contributed by atoms with E-state index >= 15 is 0 Å². The van der Waals surface area contributed by atoms with Crippen LogP contribution in [0.15, 0.2) is 30.3 Å². The van der Waals surface area contributed by atoms with Crippen molar-refractivity contribution < 1.29 is 14.9 Å². The topological polar surface area (TPSA) is 88.6 Å². The van der Waals surface area contributed by atoms with E-state index < -0.39 is 12.2 Å². The highest BCUT2D eigenvalue weighted by Crippen LogP contribution is 2.24. The minimum atomic E-state index is -0.935. The molecule has 0 saturated heterocycles. The molecule has 1 aromatic carbocycles. The first-order chi connectivity index (χ1) is 9.15. The molecule has 0 spiro atoms. The first-order valence-electron chi connectivity index (χ1n) is 6.16. The molecule has 0 amide bonds. The second-order valence-corrected chi connectivity index (χ2v) is 4.40. The molecule has 5 heteroatoms. The molecule has 2 aromatic rings. The van der Waals surface area contributed by atoms with Gasteiger partial charge in [0.2, 0.25) is 5.88 Å². The Bertz CT molecular complexity index is 559. The quantitative estimate of drug-likeness (QED) is 0.747. The maximum Gasteiger partial charge on any atom is 0.213 e. The van der Waals surface area contributed by atoms with Crippen LogP contribution in [-0.2, 0) is 0 Å². The molecular formula is C14H18N2O3. The van der Waals surface area contributed by atoms with Crippen molar-refractivity contribution in [3.8, 4) is 5.88 Å². The third kappa shape index (κ3) is 3.01. The molecule has 0 fully saturated rings. The van der Waals surface area contributed by atoms with E-state index in [4.69, 9.17) is 10.5 Å². The maximum atomic E-state index is 10.0. The molecule has 5 nitrogen and oxygen atoms in total. The number of rotatable bonds is 5. The Morgan fingerprint density at radius 3 is 2.74 bits per heavy atom. The Hall–Kier alpha value is -1.69. The van der Waals surface area contributed by atoms with E-state index in [1.165, 1.54) is 0 Å². The van der Waals surface area contributed by atoms with Gasteiger partial charge < -0.3 is 20.7 Å². The molecule has 102 valence electrons. The number of aromatic nitrogens is 1. The largest absolute Gasteiger partial charge is 0.481 e. The van der Waals surface area contributed by atoms with Gasteiger partial charge in [-0.15, -0.1) is 0 Å². The van der Waals surface area contributed by atoms with Crippen LogP contribution in [0.3, 0.4) is 0 Å². The van der Waals surface area contributed by atoms with Crippen molar-refractivity contribution in [3.63, 3.8) is 0 Å². The summed E-state index contributed by atoms with van der Waals surface area (Å²) in [6.07, 6.45) is -1.43. The molecule has 0 radical (unpaired) electrons. The zero-order valence-corrected chi connectivity index (χ0v) is 10.8. The van der Waals surface area contributed by atoms with Crippen LogP contribution in [0.1, 0.15) is 18.1 Å². The van der Waals surface area contributed by atoms with Crippen molar-refractivity contribution in [1.29, 1.82) is 0 Å². The molecule has 4 N–H and O–H groups in total. The van der Waals surface area contributed by atoms with Gasteiger partial charge in [0, 0.05) is 11.5 Å². The van der Waals surface area contributed by atoms with Gasteiger partial charge in [-0.25, -0.2) is 4.98 Å². The van der Waals surface area contributed by atoms with E-state index in [9.17, 15) is 10.2 Å². The van der Waals surface area contributed by atoms with E-state index in [1.54, 1.807) is 25.3 Å². The SMILES string of the molecule is COc1ccc2cc(C(O)C(O)CCN)ccc2n1. The molecule has 2 atom stereocenters. The summed E-state index contributed by atoms with van der Waals surface area (Å²) in [4.78, 5) is 4.29. The standard InChI is InChI=1S/C14H18N2O3/c1-19-13-5-3-9-8-10(2-4-11(9)16-13)14(18)12(17)6-7-15/h2-5,8,12,14,17-18H,6-7,15H2,1H3. The number of benzene rings is 1. The Labute approximate surface area is 111 Å². The number of aliphatic hydroxyl groups excluding tert-OH is 2. The predicted octanol–water partition coefficient (Wildman–Crippen LogP) is 0.987. The predicted molar refractivity (Wildman–Crippen MR) is 72.9 cm³/mol. The van der Waals surface area contributed by atoms with E-state index in [1.807, 2.05) is 12.1 Å². The normalized spacial score (nSPS) is 14.3. The monoisotopic (exact) mass is 262 g/mol. The van der Waals surface area contributed by atoms with E-state index in [0.717, 1.165) is 10.9 Å². The second kappa shape index (κ2) is 5.97. The van der Waals surface area contributed by atoms with Gasteiger partial charge in [-0.1, -0.05) is 6.07 Å². The van der Waals surface area contributed by atoms with Gasteiger partial charge in [-0.05, 0) is 36.7 Å². The lowest BCUT2D eigenvalue weighted by Crippen LogP contribution is -2.21. The summed E-state index contributed by atoms with van der Waals surface area (Å²) in [6.45, 7) is 0.338. The van der Waals surface area contributed by atoms with Crippen LogP contribution in [-0.4, -0.2) is 35.0 Å². The fraction of sp³-hybridized carbons (Fsp3) is 0.357. The number of pyridine rings is 1. The number of nitrogens with two attached hydrogens (primary N) is 1. The minimum absolute atomic E-state index is 0.338. The lowest BCUT2D eigenvalue weighted by molar-refractivity contribution is 0.0151. The Morgan fingerprint density at radius 2 is 2.05 bits per heavy atom. The first-order valence-corrected chi connectivity index (χ1v) is 6.16. The third-order valence-electron chi connectivity index (χ3n) is 3.07. The molecule has 0 saturated carbocycles. The highest BCUT2D eigenvalue weighted by molar-refractivity contribution is 5.79. The first kappa shape index (κ1) is 13.7. The highest BCUT2D eigenvalue weighted by atomic mass is 16.5. The lowest BCUT2D eigenvalue weighted by Gasteiger charge is -2.17. The molecule has 1 heterocycles. The van der Waals surface area contributed by atoms with Crippen LogP contribution in [0.2, 0.25) is 0 Å². The van der Waals surface area contributed by atoms with E-state index in [0.29, 0.717) is 24.4 Å². The molecule has 2 unspecified atom stereocenters. The van der Waals surface area contributed by atoms with Crippen LogP contribution in [0.5, 0.6) is 5.88 Å². The smallest absolute Gasteiger partial charge is 0.213 e.